The van der Waals surface area contributed by atoms with Gasteiger partial charge in [-0.3, -0.25) is 4.31 Å². The first-order chi connectivity index (χ1) is 11.6. The Hall–Kier alpha value is -1.79. The van der Waals surface area contributed by atoms with Crippen LogP contribution in [0.2, 0.25) is 0 Å². The van der Waals surface area contributed by atoms with Crippen LogP contribution in [0.1, 0.15) is 24.0 Å². The molecule has 3 fully saturated rings. The summed E-state index contributed by atoms with van der Waals surface area (Å²) in [5.41, 5.74) is -1.75. The van der Waals surface area contributed by atoms with Gasteiger partial charge in [0.25, 0.3) is 0 Å². The average Bonchev–Trinajstić information content (AvgIpc) is 3.15. The van der Waals surface area contributed by atoms with Crippen molar-refractivity contribution in [1.82, 2.24) is 0 Å². The Morgan fingerprint density at radius 2 is 1.96 bits per heavy atom. The lowest BCUT2D eigenvalue weighted by atomic mass is 9.86. The summed E-state index contributed by atoms with van der Waals surface area (Å²) in [6, 6.07) is 4.47. The summed E-state index contributed by atoms with van der Waals surface area (Å²) in [6.45, 7) is 0.0778. The third kappa shape index (κ3) is 2.27. The molecule has 0 spiro atoms. The molecule has 4 rings (SSSR count). The zero-order chi connectivity index (χ0) is 18.1. The maximum absolute atomic E-state index is 13.2. The van der Waals surface area contributed by atoms with Gasteiger partial charge in [0.15, 0.2) is 0 Å². The zero-order valence-corrected chi connectivity index (χ0v) is 13.8. The van der Waals surface area contributed by atoms with E-state index in [1.165, 1.54) is 12.1 Å². The number of nitrogens with zero attached hydrogens (tertiary/aromatic N) is 2. The van der Waals surface area contributed by atoms with Gasteiger partial charge in [-0.05, 0) is 42.9 Å². The molecule has 1 aliphatic heterocycles. The number of anilines is 1. The third-order valence-electron chi connectivity index (χ3n) is 5.79. The summed E-state index contributed by atoms with van der Waals surface area (Å²) in [6.07, 6.45) is -4.19. The number of hydrogen-bond donors (Lipinski definition) is 1. The van der Waals surface area contributed by atoms with Gasteiger partial charge in [-0.25, -0.2) is 8.42 Å². The van der Waals surface area contributed by atoms with Crippen LogP contribution in [-0.4, -0.2) is 31.4 Å². The SMILES string of the molecule is N#Cc1ccc(N2C[C@@H]3C([C@H]4C[C@@H]3[C@H](O)C4)S2(=O)=O)cc1C(F)(F)F. The van der Waals surface area contributed by atoms with Crippen molar-refractivity contribution in [2.45, 2.75) is 30.4 Å². The minimum absolute atomic E-state index is 0.0744. The van der Waals surface area contributed by atoms with Crippen molar-refractivity contribution in [3.05, 3.63) is 29.3 Å². The Morgan fingerprint density at radius 1 is 1.24 bits per heavy atom. The van der Waals surface area contributed by atoms with Gasteiger partial charge in [-0.2, -0.15) is 18.4 Å². The monoisotopic (exact) mass is 372 g/mol. The van der Waals surface area contributed by atoms with Crippen LogP contribution in [0.25, 0.3) is 0 Å². The van der Waals surface area contributed by atoms with E-state index in [0.29, 0.717) is 12.8 Å². The Kier molecular flexibility index (Phi) is 3.41. The quantitative estimate of drug-likeness (QED) is 0.819. The van der Waals surface area contributed by atoms with Crippen molar-refractivity contribution in [1.29, 1.82) is 5.26 Å². The number of hydrogen-bond acceptors (Lipinski definition) is 4. The fraction of sp³-hybridized carbons (Fsp3) is 0.562. The molecule has 5 nitrogen and oxygen atoms in total. The second-order valence-electron chi connectivity index (χ2n) is 7.01. The number of aliphatic hydroxyl groups is 1. The van der Waals surface area contributed by atoms with Crippen molar-refractivity contribution in [2.75, 3.05) is 10.8 Å². The maximum Gasteiger partial charge on any atom is 0.417 e. The topological polar surface area (TPSA) is 81.4 Å². The van der Waals surface area contributed by atoms with Crippen LogP contribution in [0.4, 0.5) is 18.9 Å². The lowest BCUT2D eigenvalue weighted by Crippen LogP contribution is -2.36. The first-order valence-corrected chi connectivity index (χ1v) is 9.46. The number of fused-ring (bicyclic) bond motifs is 5. The van der Waals surface area contributed by atoms with E-state index >= 15 is 0 Å². The highest BCUT2D eigenvalue weighted by molar-refractivity contribution is 7.93. The van der Waals surface area contributed by atoms with Gasteiger partial charge >= 0.3 is 6.18 Å². The average molecular weight is 372 g/mol. The molecule has 5 atom stereocenters. The highest BCUT2D eigenvalue weighted by Gasteiger charge is 2.62. The zero-order valence-electron chi connectivity index (χ0n) is 12.9. The first kappa shape index (κ1) is 16.7. The lowest BCUT2D eigenvalue weighted by Gasteiger charge is -2.25. The molecule has 2 saturated carbocycles. The maximum atomic E-state index is 13.2. The summed E-state index contributed by atoms with van der Waals surface area (Å²) in [7, 11) is -3.78. The van der Waals surface area contributed by atoms with Crippen LogP contribution < -0.4 is 4.31 Å². The minimum Gasteiger partial charge on any atom is -0.393 e. The highest BCUT2D eigenvalue weighted by atomic mass is 32.2. The van der Waals surface area contributed by atoms with E-state index in [1.807, 2.05) is 0 Å². The molecule has 9 heteroatoms. The third-order valence-corrected chi connectivity index (χ3v) is 8.19. The molecule has 25 heavy (non-hydrogen) atoms. The number of aliphatic hydroxyl groups excluding tert-OH is 1. The molecule has 0 radical (unpaired) electrons. The fourth-order valence-corrected chi connectivity index (χ4v) is 7.35. The minimum atomic E-state index is -4.74. The predicted octanol–water partition coefficient (Wildman–Crippen LogP) is 2.11. The summed E-state index contributed by atoms with van der Waals surface area (Å²) in [4.78, 5) is 0. The molecule has 1 aromatic carbocycles. The van der Waals surface area contributed by atoms with Crippen molar-refractivity contribution >= 4 is 15.7 Å². The molecule has 3 aliphatic rings. The normalized spacial score (nSPS) is 35.6. The van der Waals surface area contributed by atoms with Crippen LogP contribution in [0.5, 0.6) is 0 Å². The van der Waals surface area contributed by atoms with Crippen LogP contribution >= 0.6 is 0 Å². The molecule has 1 unspecified atom stereocenters. The summed E-state index contributed by atoms with van der Waals surface area (Å²) >= 11 is 0. The van der Waals surface area contributed by atoms with Gasteiger partial charge in [-0.1, -0.05) is 0 Å². The number of halogens is 3. The number of nitriles is 1. The summed E-state index contributed by atoms with van der Waals surface area (Å²) < 4.78 is 66.3. The van der Waals surface area contributed by atoms with E-state index in [2.05, 4.69) is 0 Å². The van der Waals surface area contributed by atoms with Gasteiger partial charge < -0.3 is 5.11 Å². The van der Waals surface area contributed by atoms with E-state index in [-0.39, 0.29) is 30.0 Å². The molecule has 2 aliphatic carbocycles. The van der Waals surface area contributed by atoms with Crippen molar-refractivity contribution < 1.29 is 26.7 Å². The van der Waals surface area contributed by atoms with E-state index in [1.54, 1.807) is 0 Å². The van der Waals surface area contributed by atoms with Crippen LogP contribution in [0.15, 0.2) is 18.2 Å². The molecule has 1 saturated heterocycles. The standard InChI is InChI=1S/C16H15F3N2O3S/c17-16(18,19)13-5-10(2-1-8(13)6-20)21-7-12-11-3-9(4-14(11)22)15(12)25(21,23)24/h1-2,5,9,11-12,14-15,22H,3-4,7H2/t9-,11-,12-,14+,15?/m0/s1. The summed E-state index contributed by atoms with van der Waals surface area (Å²) in [5, 5.41) is 18.3. The largest absolute Gasteiger partial charge is 0.417 e. The Bertz CT molecular complexity index is 878. The number of alkyl halides is 3. The number of rotatable bonds is 1. The van der Waals surface area contributed by atoms with Crippen molar-refractivity contribution in [2.24, 2.45) is 17.8 Å². The van der Waals surface area contributed by atoms with E-state index < -0.39 is 38.7 Å². The molecule has 0 aromatic heterocycles. The molecule has 2 bridgehead atoms. The smallest absolute Gasteiger partial charge is 0.393 e. The van der Waals surface area contributed by atoms with Gasteiger partial charge in [0, 0.05) is 12.5 Å². The molecule has 1 heterocycles. The summed E-state index contributed by atoms with van der Waals surface area (Å²) in [5.74, 6) is -0.514. The van der Waals surface area contributed by atoms with Crippen molar-refractivity contribution in [3.8, 4) is 6.07 Å². The first-order valence-electron chi connectivity index (χ1n) is 7.95. The fourth-order valence-electron chi connectivity index (χ4n) is 4.83. The van der Waals surface area contributed by atoms with Gasteiger partial charge in [0.1, 0.15) is 0 Å². The van der Waals surface area contributed by atoms with Crippen LogP contribution in [0.3, 0.4) is 0 Å². The Morgan fingerprint density at radius 3 is 2.60 bits per heavy atom. The molecule has 1 N–H and O–H groups in total. The molecular formula is C16H15F3N2O3S. The van der Waals surface area contributed by atoms with E-state index in [9.17, 15) is 26.7 Å². The predicted molar refractivity (Wildman–Crippen MR) is 81.9 cm³/mol. The van der Waals surface area contributed by atoms with Gasteiger partial charge in [-0.15, -0.1) is 0 Å². The lowest BCUT2D eigenvalue weighted by molar-refractivity contribution is -0.137. The van der Waals surface area contributed by atoms with Gasteiger partial charge in [0.05, 0.1) is 34.2 Å². The van der Waals surface area contributed by atoms with E-state index in [0.717, 1.165) is 16.4 Å². The Labute approximate surface area is 142 Å². The second-order valence-corrected chi connectivity index (χ2v) is 9.02. The Balaban J connectivity index is 1.76. The number of benzene rings is 1. The van der Waals surface area contributed by atoms with Crippen LogP contribution in [-0.2, 0) is 16.2 Å². The van der Waals surface area contributed by atoms with Crippen LogP contribution in [0, 0.1) is 29.1 Å². The molecular weight excluding hydrogens is 357 g/mol. The molecule has 1 aromatic rings. The molecule has 134 valence electrons. The second kappa shape index (κ2) is 5.11. The highest BCUT2D eigenvalue weighted by Crippen LogP contribution is 2.56. The van der Waals surface area contributed by atoms with Gasteiger partial charge in [0.2, 0.25) is 10.0 Å². The van der Waals surface area contributed by atoms with E-state index in [4.69, 9.17) is 5.26 Å². The van der Waals surface area contributed by atoms with Crippen molar-refractivity contribution in [3.63, 3.8) is 0 Å². The number of sulfonamides is 1. The molecule has 0 amide bonds.